The van der Waals surface area contributed by atoms with Crippen LogP contribution in [0.15, 0.2) is 40.1 Å². The summed E-state index contributed by atoms with van der Waals surface area (Å²) in [7, 11) is 0. The van der Waals surface area contributed by atoms with E-state index >= 15 is 0 Å². The molecule has 0 fully saturated rings. The summed E-state index contributed by atoms with van der Waals surface area (Å²) in [5, 5.41) is 12.6. The van der Waals surface area contributed by atoms with Crippen LogP contribution in [0.4, 0.5) is 5.88 Å². The van der Waals surface area contributed by atoms with Crippen molar-refractivity contribution in [3.63, 3.8) is 0 Å². The molecular weight excluding hydrogens is 372 g/mol. The Balaban J connectivity index is 1.67. The van der Waals surface area contributed by atoms with Crippen LogP contribution in [0.25, 0.3) is 0 Å². The quantitative estimate of drug-likeness (QED) is 0.264. The third kappa shape index (κ3) is 3.98. The van der Waals surface area contributed by atoms with E-state index in [9.17, 15) is 19.7 Å². The average molecular weight is 388 g/mol. The molecule has 0 amide bonds. The Morgan fingerprint density at radius 3 is 2.70 bits per heavy atom. The van der Waals surface area contributed by atoms with Gasteiger partial charge in [0.1, 0.15) is 4.92 Å². The molecule has 0 atom stereocenters. The van der Waals surface area contributed by atoms with Crippen molar-refractivity contribution in [2.75, 3.05) is 6.61 Å². The summed E-state index contributed by atoms with van der Waals surface area (Å²) in [6.45, 7) is 3.94. The summed E-state index contributed by atoms with van der Waals surface area (Å²) in [4.78, 5) is 35.3. The molecule has 0 aliphatic carbocycles. The van der Waals surface area contributed by atoms with E-state index in [1.165, 1.54) is 4.88 Å². The van der Waals surface area contributed by atoms with Crippen molar-refractivity contribution < 1.29 is 23.7 Å². The molecule has 3 aromatic heterocycles. The fourth-order valence-electron chi connectivity index (χ4n) is 2.70. The lowest BCUT2D eigenvalue weighted by atomic mass is 10.1. The van der Waals surface area contributed by atoms with Gasteiger partial charge in [0.15, 0.2) is 6.61 Å². The first-order valence-electron chi connectivity index (χ1n) is 8.00. The van der Waals surface area contributed by atoms with Gasteiger partial charge in [-0.3, -0.25) is 14.9 Å². The summed E-state index contributed by atoms with van der Waals surface area (Å²) in [5.41, 5.74) is 2.19. The number of nitrogens with zero attached hydrogens (tertiary/aromatic N) is 2. The Kier molecular flexibility index (Phi) is 5.22. The van der Waals surface area contributed by atoms with E-state index in [1.807, 2.05) is 35.9 Å². The molecule has 0 saturated carbocycles. The predicted molar refractivity (Wildman–Crippen MR) is 97.3 cm³/mol. The molecule has 3 heterocycles. The minimum atomic E-state index is -0.927. The molecule has 0 bridgehead atoms. The molecular formula is C18H16N2O6S. The van der Waals surface area contributed by atoms with Gasteiger partial charge in [0.25, 0.3) is 0 Å². The number of hydrogen-bond donors (Lipinski definition) is 0. The number of aromatic nitrogens is 1. The maximum Gasteiger partial charge on any atom is 0.433 e. The fourth-order valence-corrected chi connectivity index (χ4v) is 3.39. The molecule has 0 spiro atoms. The largest absolute Gasteiger partial charge is 0.451 e. The van der Waals surface area contributed by atoms with Gasteiger partial charge in [0.2, 0.25) is 11.5 Å². The minimum absolute atomic E-state index is 0.322. The van der Waals surface area contributed by atoms with E-state index in [0.717, 1.165) is 23.5 Å². The smallest absolute Gasteiger partial charge is 0.433 e. The van der Waals surface area contributed by atoms with Gasteiger partial charge in [-0.05, 0) is 37.4 Å². The number of aryl methyl sites for hydroxylation is 1. The summed E-state index contributed by atoms with van der Waals surface area (Å²) < 4.78 is 11.7. The monoisotopic (exact) mass is 388 g/mol. The first-order valence-corrected chi connectivity index (χ1v) is 8.88. The van der Waals surface area contributed by atoms with E-state index in [2.05, 4.69) is 0 Å². The van der Waals surface area contributed by atoms with E-state index in [0.29, 0.717) is 12.1 Å². The summed E-state index contributed by atoms with van der Waals surface area (Å²) in [6, 6.07) is 7.94. The van der Waals surface area contributed by atoms with Crippen LogP contribution >= 0.6 is 11.3 Å². The number of thiophene rings is 1. The maximum atomic E-state index is 12.5. The predicted octanol–water partition coefficient (Wildman–Crippen LogP) is 3.76. The van der Waals surface area contributed by atoms with Crippen LogP contribution in [-0.2, 0) is 11.3 Å². The SMILES string of the molecule is Cc1cc(C(=O)COC(=O)c2ccc([N+](=O)[O-])o2)c(C)n1Cc1cccs1. The van der Waals surface area contributed by atoms with Gasteiger partial charge in [0.05, 0.1) is 12.6 Å². The van der Waals surface area contributed by atoms with Gasteiger partial charge in [0, 0.05) is 21.8 Å². The first kappa shape index (κ1) is 18.6. The van der Waals surface area contributed by atoms with Gasteiger partial charge in [-0.2, -0.15) is 0 Å². The zero-order valence-electron chi connectivity index (χ0n) is 14.6. The van der Waals surface area contributed by atoms with Gasteiger partial charge >= 0.3 is 11.9 Å². The number of Topliss-reactive ketones (excluding diaryl/α,β-unsaturated/α-hetero) is 1. The van der Waals surface area contributed by atoms with Crippen molar-refractivity contribution in [3.8, 4) is 0 Å². The number of rotatable bonds is 7. The van der Waals surface area contributed by atoms with Crippen LogP contribution in [-0.4, -0.2) is 27.8 Å². The van der Waals surface area contributed by atoms with Crippen LogP contribution in [0.3, 0.4) is 0 Å². The topological polar surface area (TPSA) is 105 Å². The van der Waals surface area contributed by atoms with Gasteiger partial charge in [-0.15, -0.1) is 11.3 Å². The number of carbonyl (C=O) groups excluding carboxylic acids is 2. The number of ketones is 1. The Labute approximate surface area is 158 Å². The lowest BCUT2D eigenvalue weighted by molar-refractivity contribution is -0.402. The molecule has 8 nitrogen and oxygen atoms in total. The molecule has 0 saturated heterocycles. The Bertz CT molecular complexity index is 999. The number of carbonyl (C=O) groups is 2. The normalized spacial score (nSPS) is 10.7. The summed E-state index contributed by atoms with van der Waals surface area (Å²) in [6.07, 6.45) is 0. The molecule has 0 N–H and O–H groups in total. The Morgan fingerprint density at radius 1 is 1.30 bits per heavy atom. The van der Waals surface area contributed by atoms with Crippen molar-refractivity contribution in [2.24, 2.45) is 0 Å². The third-order valence-electron chi connectivity index (χ3n) is 4.08. The van der Waals surface area contributed by atoms with Crippen molar-refractivity contribution in [3.05, 3.63) is 73.4 Å². The Hall–Kier alpha value is -3.20. The summed E-state index contributed by atoms with van der Waals surface area (Å²) >= 11 is 1.64. The molecule has 0 aliphatic rings. The highest BCUT2D eigenvalue weighted by molar-refractivity contribution is 7.09. The molecule has 140 valence electrons. The molecule has 27 heavy (non-hydrogen) atoms. The fraction of sp³-hybridized carbons (Fsp3) is 0.222. The molecule has 0 unspecified atom stereocenters. The second-order valence-corrected chi connectivity index (χ2v) is 6.88. The number of hydrogen-bond acceptors (Lipinski definition) is 7. The highest BCUT2D eigenvalue weighted by Crippen LogP contribution is 2.20. The lowest BCUT2D eigenvalue weighted by Crippen LogP contribution is -2.15. The van der Waals surface area contributed by atoms with Crippen molar-refractivity contribution in [2.45, 2.75) is 20.4 Å². The van der Waals surface area contributed by atoms with Crippen molar-refractivity contribution in [1.82, 2.24) is 4.57 Å². The molecule has 9 heteroatoms. The van der Waals surface area contributed by atoms with Gasteiger partial charge < -0.3 is 13.7 Å². The van der Waals surface area contributed by atoms with E-state index in [1.54, 1.807) is 17.4 Å². The van der Waals surface area contributed by atoms with Crippen LogP contribution in [0.1, 0.15) is 37.2 Å². The van der Waals surface area contributed by atoms with Crippen molar-refractivity contribution >= 4 is 29.0 Å². The number of furan rings is 1. The van der Waals surface area contributed by atoms with E-state index < -0.39 is 23.4 Å². The zero-order valence-corrected chi connectivity index (χ0v) is 15.4. The molecule has 0 radical (unpaired) electrons. The van der Waals surface area contributed by atoms with Gasteiger partial charge in [-0.1, -0.05) is 6.07 Å². The average Bonchev–Trinajstić information content (AvgIpc) is 3.36. The zero-order chi connectivity index (χ0) is 19.6. The molecule has 0 aliphatic heterocycles. The van der Waals surface area contributed by atoms with E-state index in [-0.39, 0.29) is 11.5 Å². The minimum Gasteiger partial charge on any atom is -0.451 e. The van der Waals surface area contributed by atoms with Crippen LogP contribution in [0.5, 0.6) is 0 Å². The molecule has 3 aromatic rings. The molecule has 0 aromatic carbocycles. The standard InChI is InChI=1S/C18H16N2O6S/c1-11-8-14(12(2)19(11)9-13-4-3-7-27-13)15(21)10-25-18(22)16-5-6-17(26-16)20(23)24/h3-8H,9-10H2,1-2H3. The maximum absolute atomic E-state index is 12.5. The lowest BCUT2D eigenvalue weighted by Gasteiger charge is -2.08. The highest BCUT2D eigenvalue weighted by Gasteiger charge is 2.21. The summed E-state index contributed by atoms with van der Waals surface area (Å²) in [5.74, 6) is -2.16. The molecule has 3 rings (SSSR count). The van der Waals surface area contributed by atoms with E-state index in [4.69, 9.17) is 9.15 Å². The number of esters is 1. The van der Waals surface area contributed by atoms with Gasteiger partial charge in [-0.25, -0.2) is 4.79 Å². The highest BCUT2D eigenvalue weighted by atomic mass is 32.1. The Morgan fingerprint density at radius 2 is 2.07 bits per heavy atom. The van der Waals surface area contributed by atoms with Crippen LogP contribution < -0.4 is 0 Å². The number of nitro groups is 1. The second-order valence-electron chi connectivity index (χ2n) is 5.84. The van der Waals surface area contributed by atoms with Crippen LogP contribution in [0.2, 0.25) is 0 Å². The van der Waals surface area contributed by atoms with Crippen molar-refractivity contribution in [1.29, 1.82) is 0 Å². The number of ether oxygens (including phenoxy) is 1. The second kappa shape index (κ2) is 7.58. The third-order valence-corrected chi connectivity index (χ3v) is 4.94. The first-order chi connectivity index (χ1) is 12.9. The van der Waals surface area contributed by atoms with Crippen LogP contribution in [0, 0.1) is 24.0 Å².